The predicted octanol–water partition coefficient (Wildman–Crippen LogP) is 6.85. The Morgan fingerprint density at radius 1 is 1.24 bits per heavy atom. The number of thiophene rings is 1. The van der Waals surface area contributed by atoms with Crippen LogP contribution in [0.4, 0.5) is 0 Å². The molecule has 0 radical (unpaired) electrons. The molecule has 17 heavy (non-hydrogen) atoms. The van der Waals surface area contributed by atoms with Crippen molar-refractivity contribution in [3.8, 4) is 0 Å². The molecule has 1 aromatic rings. The Balaban J connectivity index is 1.95. The second-order valence-corrected chi connectivity index (χ2v) is 8.23. The highest BCUT2D eigenvalue weighted by Gasteiger charge is 2.20. The highest BCUT2D eigenvalue weighted by atomic mass is 79.9. The molecule has 0 N–H and O–H groups in total. The summed E-state index contributed by atoms with van der Waals surface area (Å²) in [5.41, 5.74) is 1.17. The van der Waals surface area contributed by atoms with Gasteiger partial charge in [0.25, 0.3) is 0 Å². The molecular weight excluding hydrogens is 339 g/mol. The largest absolute Gasteiger partial charge is 0.111 e. The second-order valence-electron chi connectivity index (χ2n) is 4.84. The molecular formula is C13H17BrCl2S. The summed E-state index contributed by atoms with van der Waals surface area (Å²) in [5, 5.41) is 0. The fourth-order valence-corrected chi connectivity index (χ4v) is 5.34. The summed E-state index contributed by atoms with van der Waals surface area (Å²) in [6.07, 6.45) is 9.54. The van der Waals surface area contributed by atoms with E-state index in [0.29, 0.717) is 4.83 Å². The Labute approximate surface area is 126 Å². The molecule has 96 valence electrons. The van der Waals surface area contributed by atoms with Gasteiger partial charge >= 0.3 is 0 Å². The van der Waals surface area contributed by atoms with Crippen LogP contribution >= 0.6 is 50.5 Å². The molecule has 0 nitrogen and oxygen atoms in total. The van der Waals surface area contributed by atoms with Gasteiger partial charge in [-0.25, -0.2) is 0 Å². The third kappa shape index (κ3) is 4.12. The fraction of sp³-hybridized carbons (Fsp3) is 0.692. The van der Waals surface area contributed by atoms with Crippen molar-refractivity contribution in [3.63, 3.8) is 0 Å². The van der Waals surface area contributed by atoms with Crippen LogP contribution in [0.15, 0.2) is 6.07 Å². The van der Waals surface area contributed by atoms with Gasteiger partial charge in [-0.3, -0.25) is 0 Å². The van der Waals surface area contributed by atoms with E-state index in [4.69, 9.17) is 23.2 Å². The maximum absolute atomic E-state index is 6.19. The van der Waals surface area contributed by atoms with Crippen LogP contribution in [0.25, 0.3) is 0 Å². The first kappa shape index (κ1) is 14.2. The van der Waals surface area contributed by atoms with Crippen molar-refractivity contribution < 1.29 is 0 Å². The van der Waals surface area contributed by atoms with Gasteiger partial charge in [-0.1, -0.05) is 77.7 Å². The zero-order valence-corrected chi connectivity index (χ0v) is 13.6. The van der Waals surface area contributed by atoms with Crippen LogP contribution in [-0.4, -0.2) is 0 Å². The molecule has 0 aromatic carbocycles. The van der Waals surface area contributed by atoms with Crippen LogP contribution in [0.3, 0.4) is 0 Å². The highest BCUT2D eigenvalue weighted by molar-refractivity contribution is 9.09. The fourth-order valence-electron chi connectivity index (χ4n) is 2.59. The molecule has 0 aliphatic heterocycles. The summed E-state index contributed by atoms with van der Waals surface area (Å²) in [6.45, 7) is 0. The van der Waals surface area contributed by atoms with E-state index in [1.165, 1.54) is 61.8 Å². The van der Waals surface area contributed by atoms with Gasteiger partial charge in [0.2, 0.25) is 0 Å². The molecule has 1 aliphatic rings. The van der Waals surface area contributed by atoms with Gasteiger partial charge in [0.15, 0.2) is 0 Å². The molecule has 1 aliphatic carbocycles. The smallest absolute Gasteiger partial charge is 0.0987 e. The van der Waals surface area contributed by atoms with Gasteiger partial charge < -0.3 is 0 Å². The Morgan fingerprint density at radius 3 is 2.41 bits per heavy atom. The molecule has 2 rings (SSSR count). The van der Waals surface area contributed by atoms with Crippen LogP contribution in [0.5, 0.6) is 0 Å². The van der Waals surface area contributed by atoms with Crippen LogP contribution in [0.1, 0.15) is 55.3 Å². The molecule has 1 unspecified atom stereocenters. The Bertz CT molecular complexity index is 356. The van der Waals surface area contributed by atoms with Crippen molar-refractivity contribution >= 4 is 50.5 Å². The van der Waals surface area contributed by atoms with Crippen molar-refractivity contribution in [1.29, 1.82) is 0 Å². The predicted molar refractivity (Wildman–Crippen MR) is 81.8 cm³/mol. The normalized spacial score (nSPS) is 20.2. The summed E-state index contributed by atoms with van der Waals surface area (Å²) in [7, 11) is 0. The molecule has 1 saturated carbocycles. The summed E-state index contributed by atoms with van der Waals surface area (Å²) in [4.78, 5) is 0.363. The van der Waals surface area contributed by atoms with Crippen molar-refractivity contribution in [3.05, 3.63) is 20.3 Å². The second kappa shape index (κ2) is 6.79. The first-order valence-corrected chi connectivity index (χ1v) is 8.74. The highest BCUT2D eigenvalue weighted by Crippen LogP contribution is 2.42. The van der Waals surface area contributed by atoms with Gasteiger partial charge in [0, 0.05) is 4.83 Å². The SMILES string of the molecule is Clc1cc(C(Br)CC2CCCCCC2)c(Cl)s1. The van der Waals surface area contributed by atoms with E-state index in [1.807, 2.05) is 6.07 Å². The van der Waals surface area contributed by atoms with Gasteiger partial charge in [-0.2, -0.15) is 0 Å². The number of rotatable bonds is 3. The van der Waals surface area contributed by atoms with Gasteiger partial charge in [-0.05, 0) is 24.0 Å². The summed E-state index contributed by atoms with van der Waals surface area (Å²) >= 11 is 17.4. The number of alkyl halides is 1. The van der Waals surface area contributed by atoms with Crippen molar-refractivity contribution in [2.24, 2.45) is 5.92 Å². The lowest BCUT2D eigenvalue weighted by molar-refractivity contribution is 0.427. The van der Waals surface area contributed by atoms with E-state index in [9.17, 15) is 0 Å². The monoisotopic (exact) mass is 354 g/mol. The molecule has 0 spiro atoms. The lowest BCUT2D eigenvalue weighted by Gasteiger charge is -2.17. The molecule has 1 aromatic heterocycles. The third-order valence-electron chi connectivity index (χ3n) is 3.54. The first-order valence-electron chi connectivity index (χ1n) is 6.25. The van der Waals surface area contributed by atoms with Crippen molar-refractivity contribution in [2.45, 2.75) is 49.8 Å². The number of halogens is 3. The molecule has 0 saturated heterocycles. The third-order valence-corrected chi connectivity index (χ3v) is 5.92. The Morgan fingerprint density at radius 2 is 1.88 bits per heavy atom. The molecule has 1 fully saturated rings. The maximum Gasteiger partial charge on any atom is 0.0987 e. The lowest BCUT2D eigenvalue weighted by Crippen LogP contribution is -2.02. The lowest BCUT2D eigenvalue weighted by atomic mass is 9.93. The van der Waals surface area contributed by atoms with Crippen molar-refractivity contribution in [2.75, 3.05) is 0 Å². The van der Waals surface area contributed by atoms with E-state index in [1.54, 1.807) is 0 Å². The van der Waals surface area contributed by atoms with Gasteiger partial charge in [0.1, 0.15) is 0 Å². The van der Waals surface area contributed by atoms with E-state index in [-0.39, 0.29) is 0 Å². The average Bonchev–Trinajstić information content (AvgIpc) is 2.51. The van der Waals surface area contributed by atoms with E-state index < -0.39 is 0 Å². The van der Waals surface area contributed by atoms with Crippen LogP contribution in [0.2, 0.25) is 8.67 Å². The molecule has 0 bridgehead atoms. The van der Waals surface area contributed by atoms with Crippen molar-refractivity contribution in [1.82, 2.24) is 0 Å². The van der Waals surface area contributed by atoms with E-state index in [0.717, 1.165) is 14.6 Å². The van der Waals surface area contributed by atoms with Gasteiger partial charge in [0.05, 0.1) is 8.67 Å². The maximum atomic E-state index is 6.19. The number of hydrogen-bond acceptors (Lipinski definition) is 1. The molecule has 1 atom stereocenters. The van der Waals surface area contributed by atoms with E-state index >= 15 is 0 Å². The average molecular weight is 356 g/mol. The molecule has 4 heteroatoms. The number of hydrogen-bond donors (Lipinski definition) is 0. The quantitative estimate of drug-likeness (QED) is 0.410. The minimum atomic E-state index is 0.363. The summed E-state index contributed by atoms with van der Waals surface area (Å²) < 4.78 is 1.63. The Kier molecular flexibility index (Phi) is 5.66. The van der Waals surface area contributed by atoms with Gasteiger partial charge in [-0.15, -0.1) is 11.3 Å². The van der Waals surface area contributed by atoms with Crippen LogP contribution in [-0.2, 0) is 0 Å². The summed E-state index contributed by atoms with van der Waals surface area (Å²) in [6, 6.07) is 2.00. The first-order chi connectivity index (χ1) is 8.16. The zero-order chi connectivity index (χ0) is 12.3. The van der Waals surface area contributed by atoms with E-state index in [2.05, 4.69) is 15.9 Å². The van der Waals surface area contributed by atoms with Crippen LogP contribution in [0, 0.1) is 5.92 Å². The zero-order valence-electron chi connectivity index (χ0n) is 9.72. The minimum Gasteiger partial charge on any atom is -0.111 e. The standard InChI is InChI=1S/C13H17BrCl2S/c14-11(10-8-12(15)17-13(10)16)7-9-5-3-1-2-4-6-9/h8-9,11H,1-7H2. The Hall–Kier alpha value is 0.760. The topological polar surface area (TPSA) is 0 Å². The molecule has 0 amide bonds. The van der Waals surface area contributed by atoms with Crippen LogP contribution < -0.4 is 0 Å². The minimum absolute atomic E-state index is 0.363. The molecule has 1 heterocycles. The summed E-state index contributed by atoms with van der Waals surface area (Å²) in [5.74, 6) is 0.844.